The largest absolute Gasteiger partial charge is 0.318 e. The SMILES string of the molecule is O=C(Nc1cnc(C2CC2)nc1)c1n[nH]c(C2CC2)c1Cl. The first-order chi connectivity index (χ1) is 10.2. The second kappa shape index (κ2) is 4.80. The maximum absolute atomic E-state index is 12.2. The number of halogens is 1. The summed E-state index contributed by atoms with van der Waals surface area (Å²) in [7, 11) is 0. The highest BCUT2D eigenvalue weighted by atomic mass is 35.5. The van der Waals surface area contributed by atoms with Crippen LogP contribution in [0.5, 0.6) is 0 Å². The molecule has 2 saturated carbocycles. The van der Waals surface area contributed by atoms with Crippen LogP contribution in [0.4, 0.5) is 5.69 Å². The van der Waals surface area contributed by atoms with E-state index in [-0.39, 0.29) is 11.6 Å². The number of carbonyl (C=O) groups is 1. The first kappa shape index (κ1) is 12.8. The van der Waals surface area contributed by atoms with Gasteiger partial charge in [-0.05, 0) is 25.7 Å². The molecule has 2 aliphatic carbocycles. The van der Waals surface area contributed by atoms with E-state index in [0.29, 0.717) is 22.5 Å². The number of nitrogens with one attached hydrogen (secondary N) is 2. The summed E-state index contributed by atoms with van der Waals surface area (Å²) >= 11 is 6.21. The molecule has 7 heteroatoms. The molecule has 0 atom stereocenters. The van der Waals surface area contributed by atoms with E-state index >= 15 is 0 Å². The maximum Gasteiger partial charge on any atom is 0.277 e. The van der Waals surface area contributed by atoms with E-state index in [9.17, 15) is 4.79 Å². The van der Waals surface area contributed by atoms with Crippen molar-refractivity contribution in [2.45, 2.75) is 37.5 Å². The molecule has 0 spiro atoms. The molecule has 0 aliphatic heterocycles. The molecule has 2 N–H and O–H groups in total. The van der Waals surface area contributed by atoms with Crippen LogP contribution in [-0.2, 0) is 0 Å². The normalized spacial score (nSPS) is 17.8. The summed E-state index contributed by atoms with van der Waals surface area (Å²) in [6.45, 7) is 0. The van der Waals surface area contributed by atoms with Crippen molar-refractivity contribution in [3.05, 3.63) is 34.6 Å². The van der Waals surface area contributed by atoms with Gasteiger partial charge in [-0.15, -0.1) is 0 Å². The number of aromatic nitrogens is 4. The average Bonchev–Trinajstić information content (AvgIpc) is 3.38. The smallest absolute Gasteiger partial charge is 0.277 e. The van der Waals surface area contributed by atoms with Crippen molar-refractivity contribution in [2.75, 3.05) is 5.32 Å². The van der Waals surface area contributed by atoms with Gasteiger partial charge in [0.1, 0.15) is 5.82 Å². The van der Waals surface area contributed by atoms with E-state index in [4.69, 9.17) is 11.6 Å². The summed E-state index contributed by atoms with van der Waals surface area (Å²) in [4.78, 5) is 20.7. The molecule has 2 aliphatic rings. The van der Waals surface area contributed by atoms with Crippen molar-refractivity contribution in [1.82, 2.24) is 20.2 Å². The fourth-order valence-corrected chi connectivity index (χ4v) is 2.60. The Hall–Kier alpha value is -1.95. The number of carbonyl (C=O) groups excluding carboxylic acids is 1. The Labute approximate surface area is 126 Å². The van der Waals surface area contributed by atoms with Crippen LogP contribution in [0.2, 0.25) is 5.02 Å². The van der Waals surface area contributed by atoms with Gasteiger partial charge in [-0.1, -0.05) is 11.6 Å². The minimum atomic E-state index is -0.342. The van der Waals surface area contributed by atoms with Crippen molar-refractivity contribution < 1.29 is 4.79 Å². The number of anilines is 1. The first-order valence-corrected chi connectivity index (χ1v) is 7.47. The molecular formula is C14H14ClN5O. The van der Waals surface area contributed by atoms with E-state index < -0.39 is 0 Å². The predicted octanol–water partition coefficient (Wildman–Crippen LogP) is 2.86. The number of hydrogen-bond acceptors (Lipinski definition) is 4. The summed E-state index contributed by atoms with van der Waals surface area (Å²) in [5, 5.41) is 10.0. The van der Waals surface area contributed by atoms with Gasteiger partial charge in [-0.25, -0.2) is 9.97 Å². The molecule has 108 valence electrons. The Morgan fingerprint density at radius 2 is 1.86 bits per heavy atom. The second-order valence-corrected chi connectivity index (χ2v) is 6.01. The molecule has 0 unspecified atom stereocenters. The minimum Gasteiger partial charge on any atom is -0.318 e. The number of rotatable bonds is 4. The van der Waals surface area contributed by atoms with Crippen LogP contribution in [-0.4, -0.2) is 26.1 Å². The average molecular weight is 304 g/mol. The molecule has 0 saturated heterocycles. The third-order valence-corrected chi connectivity index (χ3v) is 4.19. The van der Waals surface area contributed by atoms with Crippen molar-refractivity contribution >= 4 is 23.2 Å². The van der Waals surface area contributed by atoms with E-state index in [1.165, 1.54) is 0 Å². The molecule has 0 bridgehead atoms. The zero-order chi connectivity index (χ0) is 14.4. The lowest BCUT2D eigenvalue weighted by molar-refractivity contribution is 0.102. The summed E-state index contributed by atoms with van der Waals surface area (Å²) in [6.07, 6.45) is 7.75. The summed E-state index contributed by atoms with van der Waals surface area (Å²) in [6, 6.07) is 0. The van der Waals surface area contributed by atoms with Gasteiger partial charge in [-0.2, -0.15) is 5.10 Å². The molecular weight excluding hydrogens is 290 g/mol. The lowest BCUT2D eigenvalue weighted by Gasteiger charge is -2.03. The number of H-pyrrole nitrogens is 1. The van der Waals surface area contributed by atoms with Gasteiger partial charge in [-0.3, -0.25) is 9.89 Å². The number of nitrogens with zero attached hydrogens (tertiary/aromatic N) is 3. The van der Waals surface area contributed by atoms with Crippen LogP contribution >= 0.6 is 11.6 Å². The van der Waals surface area contributed by atoms with Gasteiger partial charge >= 0.3 is 0 Å². The zero-order valence-electron chi connectivity index (χ0n) is 11.3. The molecule has 1 amide bonds. The van der Waals surface area contributed by atoms with Gasteiger partial charge < -0.3 is 5.32 Å². The fraction of sp³-hybridized carbons (Fsp3) is 0.429. The van der Waals surface area contributed by atoms with Crippen molar-refractivity contribution in [3.63, 3.8) is 0 Å². The van der Waals surface area contributed by atoms with Crippen LogP contribution < -0.4 is 5.32 Å². The molecule has 21 heavy (non-hydrogen) atoms. The lowest BCUT2D eigenvalue weighted by Crippen LogP contribution is -2.13. The predicted molar refractivity (Wildman–Crippen MR) is 77.5 cm³/mol. The molecule has 6 nitrogen and oxygen atoms in total. The van der Waals surface area contributed by atoms with Gasteiger partial charge in [0, 0.05) is 11.8 Å². The summed E-state index contributed by atoms with van der Waals surface area (Å²) in [5.74, 6) is 1.43. The van der Waals surface area contributed by atoms with E-state index in [1.54, 1.807) is 12.4 Å². The summed E-state index contributed by atoms with van der Waals surface area (Å²) < 4.78 is 0. The minimum absolute atomic E-state index is 0.227. The maximum atomic E-state index is 12.2. The number of amides is 1. The monoisotopic (exact) mass is 303 g/mol. The third-order valence-electron chi connectivity index (χ3n) is 3.81. The van der Waals surface area contributed by atoms with Crippen LogP contribution in [0.15, 0.2) is 12.4 Å². The molecule has 0 aromatic carbocycles. The van der Waals surface area contributed by atoms with Crippen LogP contribution in [0, 0.1) is 0 Å². The first-order valence-electron chi connectivity index (χ1n) is 7.09. The van der Waals surface area contributed by atoms with E-state index in [1.807, 2.05) is 0 Å². The lowest BCUT2D eigenvalue weighted by atomic mass is 10.2. The van der Waals surface area contributed by atoms with Crippen LogP contribution in [0.25, 0.3) is 0 Å². The van der Waals surface area contributed by atoms with Crippen LogP contribution in [0.1, 0.15) is 59.5 Å². The molecule has 2 aromatic heterocycles. The Morgan fingerprint density at radius 1 is 1.19 bits per heavy atom. The Morgan fingerprint density at radius 3 is 2.48 bits per heavy atom. The van der Waals surface area contributed by atoms with Crippen molar-refractivity contribution in [3.8, 4) is 0 Å². The van der Waals surface area contributed by atoms with Crippen LogP contribution in [0.3, 0.4) is 0 Å². The zero-order valence-corrected chi connectivity index (χ0v) is 12.0. The summed E-state index contributed by atoms with van der Waals surface area (Å²) in [5.41, 5.74) is 1.64. The van der Waals surface area contributed by atoms with Gasteiger partial charge in [0.25, 0.3) is 5.91 Å². The molecule has 2 fully saturated rings. The quantitative estimate of drug-likeness (QED) is 0.909. The van der Waals surface area contributed by atoms with Crippen molar-refractivity contribution in [1.29, 1.82) is 0 Å². The Balaban J connectivity index is 1.49. The molecule has 4 rings (SSSR count). The molecule has 0 radical (unpaired) electrons. The third kappa shape index (κ3) is 2.51. The molecule has 2 heterocycles. The highest BCUT2D eigenvalue weighted by molar-refractivity contribution is 6.34. The standard InChI is InChI=1S/C14H14ClN5O/c15-10-11(7-1-2-7)19-20-12(10)14(21)18-9-5-16-13(17-6-9)8-3-4-8/h5-8H,1-4H2,(H,18,21)(H,19,20). The number of aromatic amines is 1. The van der Waals surface area contributed by atoms with Gasteiger partial charge in [0.05, 0.1) is 28.8 Å². The molecule has 2 aromatic rings. The topological polar surface area (TPSA) is 83.6 Å². The van der Waals surface area contributed by atoms with Gasteiger partial charge in [0.2, 0.25) is 0 Å². The fourth-order valence-electron chi connectivity index (χ4n) is 2.28. The number of hydrogen-bond donors (Lipinski definition) is 2. The van der Waals surface area contributed by atoms with E-state index in [0.717, 1.165) is 37.2 Å². The van der Waals surface area contributed by atoms with Gasteiger partial charge in [0.15, 0.2) is 5.69 Å². The Bertz CT molecular complexity index is 688. The second-order valence-electron chi connectivity index (χ2n) is 5.63. The highest BCUT2D eigenvalue weighted by Crippen LogP contribution is 2.42. The Kier molecular flexibility index (Phi) is 2.92. The highest BCUT2D eigenvalue weighted by Gasteiger charge is 2.31. The van der Waals surface area contributed by atoms with Crippen molar-refractivity contribution in [2.24, 2.45) is 0 Å². The van der Waals surface area contributed by atoms with E-state index in [2.05, 4.69) is 25.5 Å².